The van der Waals surface area contributed by atoms with Gasteiger partial charge >= 0.3 is 5.97 Å². The van der Waals surface area contributed by atoms with Gasteiger partial charge < -0.3 is 15.0 Å². The van der Waals surface area contributed by atoms with Gasteiger partial charge in [-0.25, -0.2) is 0 Å². The van der Waals surface area contributed by atoms with E-state index in [1.807, 2.05) is 30.3 Å². The van der Waals surface area contributed by atoms with Crippen LogP contribution in [-0.4, -0.2) is 41.6 Å². The number of benzene rings is 1. The summed E-state index contributed by atoms with van der Waals surface area (Å²) in [5.41, 5.74) is 2.79. The Morgan fingerprint density at radius 2 is 1.79 bits per heavy atom. The van der Waals surface area contributed by atoms with E-state index in [-0.39, 0.29) is 30.3 Å². The summed E-state index contributed by atoms with van der Waals surface area (Å²) in [6.07, 6.45) is 3.00. The molecule has 0 aliphatic rings. The molecule has 1 aromatic heterocycles. The summed E-state index contributed by atoms with van der Waals surface area (Å²) in [5.74, 6) is -1.48. The molecule has 2 rings (SSSR count). The molecule has 1 amide bonds. The Labute approximate surface area is 169 Å². The Bertz CT molecular complexity index is 942. The average molecular weight is 396 g/mol. The van der Waals surface area contributed by atoms with E-state index in [9.17, 15) is 19.2 Å². The number of amides is 1. The Morgan fingerprint density at radius 3 is 2.41 bits per heavy atom. The number of H-pyrrole nitrogens is 1. The molecule has 0 fully saturated rings. The normalized spacial score (nSPS) is 10.7. The second kappa shape index (κ2) is 10.2. The Balaban J connectivity index is 1.75. The molecule has 0 saturated heterocycles. The molecule has 2 aromatic rings. The molecule has 0 unspecified atom stereocenters. The number of aromatic amines is 1. The van der Waals surface area contributed by atoms with Crippen molar-refractivity contribution in [3.63, 3.8) is 0 Å². The van der Waals surface area contributed by atoms with E-state index in [0.717, 1.165) is 5.56 Å². The largest absolute Gasteiger partial charge is 0.457 e. The van der Waals surface area contributed by atoms with Crippen LogP contribution in [0.15, 0.2) is 36.4 Å². The summed E-state index contributed by atoms with van der Waals surface area (Å²) in [6, 6.07) is 9.35. The third-order valence-electron chi connectivity index (χ3n) is 4.29. The van der Waals surface area contributed by atoms with Crippen molar-refractivity contribution < 1.29 is 23.9 Å². The van der Waals surface area contributed by atoms with Gasteiger partial charge in [-0.2, -0.15) is 0 Å². The van der Waals surface area contributed by atoms with Crippen molar-refractivity contribution in [1.82, 2.24) is 10.3 Å². The summed E-state index contributed by atoms with van der Waals surface area (Å²) in [6.45, 7) is 4.48. The lowest BCUT2D eigenvalue weighted by atomic mass is 10.1. The molecule has 1 heterocycles. The van der Waals surface area contributed by atoms with Gasteiger partial charge in [-0.05, 0) is 38.0 Å². The topological polar surface area (TPSA) is 105 Å². The van der Waals surface area contributed by atoms with Crippen molar-refractivity contribution in [2.45, 2.75) is 27.2 Å². The maximum atomic E-state index is 12.3. The van der Waals surface area contributed by atoms with Crippen LogP contribution in [-0.2, 0) is 14.3 Å². The molecule has 1 aromatic carbocycles. The van der Waals surface area contributed by atoms with E-state index in [0.29, 0.717) is 16.8 Å². The van der Waals surface area contributed by atoms with Gasteiger partial charge in [-0.1, -0.05) is 30.3 Å². The average Bonchev–Trinajstić information content (AvgIpc) is 2.99. The number of carbonyl (C=O) groups is 4. The van der Waals surface area contributed by atoms with E-state index in [1.54, 1.807) is 19.9 Å². The van der Waals surface area contributed by atoms with Gasteiger partial charge in [-0.15, -0.1) is 0 Å². The van der Waals surface area contributed by atoms with Crippen molar-refractivity contribution in [3.8, 4) is 0 Å². The van der Waals surface area contributed by atoms with Crippen LogP contribution in [0.2, 0.25) is 0 Å². The van der Waals surface area contributed by atoms with Crippen molar-refractivity contribution in [2.24, 2.45) is 0 Å². The summed E-state index contributed by atoms with van der Waals surface area (Å²) >= 11 is 0. The van der Waals surface area contributed by atoms with Crippen molar-refractivity contribution in [2.75, 3.05) is 13.2 Å². The lowest BCUT2D eigenvalue weighted by Gasteiger charge is -2.05. The predicted octanol–water partition coefficient (Wildman–Crippen LogP) is 2.78. The summed E-state index contributed by atoms with van der Waals surface area (Å²) < 4.78 is 4.97. The first kappa shape index (κ1) is 21.8. The van der Waals surface area contributed by atoms with Gasteiger partial charge in [-0.3, -0.25) is 19.2 Å². The van der Waals surface area contributed by atoms with Crippen molar-refractivity contribution in [3.05, 3.63) is 64.5 Å². The molecular weight excluding hydrogens is 372 g/mol. The molecule has 152 valence electrons. The van der Waals surface area contributed by atoms with E-state index in [1.165, 1.54) is 13.0 Å². The zero-order valence-electron chi connectivity index (χ0n) is 16.7. The molecule has 0 aliphatic heterocycles. The molecule has 0 bridgehead atoms. The quantitative estimate of drug-likeness (QED) is 0.385. The molecule has 0 radical (unpaired) electrons. The monoisotopic (exact) mass is 396 g/mol. The van der Waals surface area contributed by atoms with E-state index in [2.05, 4.69) is 10.3 Å². The van der Waals surface area contributed by atoms with Gasteiger partial charge in [0.15, 0.2) is 12.4 Å². The predicted molar refractivity (Wildman–Crippen MR) is 109 cm³/mol. The molecule has 7 nitrogen and oxygen atoms in total. The first-order chi connectivity index (χ1) is 13.8. The van der Waals surface area contributed by atoms with Crippen molar-refractivity contribution in [1.29, 1.82) is 0 Å². The summed E-state index contributed by atoms with van der Waals surface area (Å²) in [5, 5.41) is 2.58. The van der Waals surface area contributed by atoms with Crippen LogP contribution < -0.4 is 5.32 Å². The van der Waals surface area contributed by atoms with Crippen molar-refractivity contribution >= 4 is 29.5 Å². The lowest BCUT2D eigenvalue weighted by Crippen LogP contribution is -2.25. The fraction of sp³-hybridized carbons (Fsp3) is 0.273. The minimum absolute atomic E-state index is 0.0559. The molecular formula is C22H24N2O5. The van der Waals surface area contributed by atoms with Gasteiger partial charge in [0.25, 0.3) is 0 Å². The second-order valence-corrected chi connectivity index (χ2v) is 6.55. The first-order valence-corrected chi connectivity index (χ1v) is 9.19. The number of esters is 1. The molecule has 0 atom stereocenters. The number of nitrogens with one attached hydrogen (secondary N) is 2. The number of ether oxygens (including phenoxy) is 1. The molecule has 0 saturated carbocycles. The highest BCUT2D eigenvalue weighted by molar-refractivity contribution is 6.04. The standard InChI is InChI=1S/C22H24N2O5/c1-14-21(16(3)25)15(2)24-22(14)18(26)13-29-20(28)11-12-23-19(27)10-9-17-7-5-4-6-8-17/h4-10,24H,11-13H2,1-3H3,(H,23,27)/b10-9+. The van der Waals surface area contributed by atoms with Crippen LogP contribution in [0.5, 0.6) is 0 Å². The molecule has 7 heteroatoms. The Kier molecular flexibility index (Phi) is 7.65. The first-order valence-electron chi connectivity index (χ1n) is 9.19. The molecule has 29 heavy (non-hydrogen) atoms. The van der Waals surface area contributed by atoms with Crippen LogP contribution in [0.3, 0.4) is 0 Å². The number of Topliss-reactive ketones (excluding diaryl/α,β-unsaturated/α-hetero) is 2. The zero-order chi connectivity index (χ0) is 21.4. The zero-order valence-corrected chi connectivity index (χ0v) is 16.7. The lowest BCUT2D eigenvalue weighted by molar-refractivity contribution is -0.142. The van der Waals surface area contributed by atoms with Crippen LogP contribution >= 0.6 is 0 Å². The van der Waals surface area contributed by atoms with Gasteiger partial charge in [0.1, 0.15) is 0 Å². The number of rotatable bonds is 9. The highest BCUT2D eigenvalue weighted by atomic mass is 16.5. The molecule has 0 spiro atoms. The minimum Gasteiger partial charge on any atom is -0.457 e. The smallest absolute Gasteiger partial charge is 0.308 e. The van der Waals surface area contributed by atoms with Gasteiger partial charge in [0, 0.05) is 23.9 Å². The van der Waals surface area contributed by atoms with Crippen LogP contribution in [0.1, 0.15) is 51.0 Å². The summed E-state index contributed by atoms with van der Waals surface area (Å²) in [4.78, 5) is 50.3. The number of aromatic nitrogens is 1. The van der Waals surface area contributed by atoms with E-state index >= 15 is 0 Å². The number of carbonyl (C=O) groups excluding carboxylic acids is 4. The van der Waals surface area contributed by atoms with Gasteiger partial charge in [0.2, 0.25) is 11.7 Å². The Hall–Kier alpha value is -3.48. The van der Waals surface area contributed by atoms with Crippen LogP contribution in [0.4, 0.5) is 0 Å². The highest BCUT2D eigenvalue weighted by Crippen LogP contribution is 2.19. The number of aryl methyl sites for hydroxylation is 1. The third kappa shape index (κ3) is 6.27. The molecule has 0 aliphatic carbocycles. The van der Waals surface area contributed by atoms with E-state index < -0.39 is 18.4 Å². The number of ketones is 2. The van der Waals surface area contributed by atoms with Gasteiger partial charge in [0.05, 0.1) is 12.1 Å². The minimum atomic E-state index is -0.599. The fourth-order valence-electron chi connectivity index (χ4n) is 2.93. The number of hydrogen-bond donors (Lipinski definition) is 2. The van der Waals surface area contributed by atoms with E-state index in [4.69, 9.17) is 4.74 Å². The maximum Gasteiger partial charge on any atom is 0.308 e. The SMILES string of the molecule is CC(=O)c1c(C)[nH]c(C(=O)COC(=O)CCNC(=O)/C=C/c2ccccc2)c1C. The van der Waals surface area contributed by atoms with Crippen LogP contribution in [0.25, 0.3) is 6.08 Å². The third-order valence-corrected chi connectivity index (χ3v) is 4.29. The number of hydrogen-bond acceptors (Lipinski definition) is 5. The Morgan fingerprint density at radius 1 is 1.10 bits per heavy atom. The fourth-order valence-corrected chi connectivity index (χ4v) is 2.93. The second-order valence-electron chi connectivity index (χ2n) is 6.55. The maximum absolute atomic E-state index is 12.3. The highest BCUT2D eigenvalue weighted by Gasteiger charge is 2.20. The summed E-state index contributed by atoms with van der Waals surface area (Å²) in [7, 11) is 0. The molecule has 2 N–H and O–H groups in total. The van der Waals surface area contributed by atoms with Crippen LogP contribution in [0, 0.1) is 13.8 Å².